The Morgan fingerprint density at radius 1 is 1.00 bits per heavy atom. The Hall–Kier alpha value is -3.48. The van der Waals surface area contributed by atoms with E-state index < -0.39 is 6.17 Å². The van der Waals surface area contributed by atoms with Gasteiger partial charge in [0.1, 0.15) is 0 Å². The lowest BCUT2D eigenvalue weighted by Gasteiger charge is -2.11. The van der Waals surface area contributed by atoms with Crippen LogP contribution in [0.5, 0.6) is 0 Å². The van der Waals surface area contributed by atoms with Crippen molar-refractivity contribution in [2.75, 3.05) is 10.6 Å². The molecule has 1 atom stereocenters. The van der Waals surface area contributed by atoms with Crippen LogP contribution in [0.4, 0.5) is 11.7 Å². The summed E-state index contributed by atoms with van der Waals surface area (Å²) in [4.78, 5) is 17.4. The standard InChI is InChI=1S/C20H17N5O2/c26-18-17(23-20-25-24-19(27-20)13-10-11-13)22-16(12-6-2-1-3-7-12)14-8-4-5-9-15(14)21-18/h1-9,13,17H,10-11H2,(H,21,26)(H,23,25)/t17-/m1/s1. The average molecular weight is 359 g/mol. The molecule has 1 saturated carbocycles. The second kappa shape index (κ2) is 6.35. The van der Waals surface area contributed by atoms with Gasteiger partial charge in [-0.05, 0) is 18.9 Å². The van der Waals surface area contributed by atoms with Crippen LogP contribution in [0.3, 0.4) is 0 Å². The van der Waals surface area contributed by atoms with E-state index >= 15 is 0 Å². The highest BCUT2D eigenvalue weighted by atomic mass is 16.4. The Morgan fingerprint density at radius 2 is 1.78 bits per heavy atom. The zero-order valence-corrected chi connectivity index (χ0v) is 14.4. The van der Waals surface area contributed by atoms with Crippen molar-refractivity contribution in [2.45, 2.75) is 24.9 Å². The number of para-hydroxylation sites is 1. The number of hydrogen-bond donors (Lipinski definition) is 2. The summed E-state index contributed by atoms with van der Waals surface area (Å²) in [7, 11) is 0. The molecule has 2 aromatic carbocycles. The summed E-state index contributed by atoms with van der Waals surface area (Å²) in [5.41, 5.74) is 3.24. The molecule has 134 valence electrons. The Kier molecular flexibility index (Phi) is 3.71. The minimum atomic E-state index is -0.875. The summed E-state index contributed by atoms with van der Waals surface area (Å²) in [6.07, 6.45) is 1.26. The van der Waals surface area contributed by atoms with Gasteiger partial charge < -0.3 is 15.1 Å². The van der Waals surface area contributed by atoms with Crippen molar-refractivity contribution in [2.24, 2.45) is 4.99 Å². The van der Waals surface area contributed by atoms with Crippen molar-refractivity contribution in [3.63, 3.8) is 0 Å². The highest BCUT2D eigenvalue weighted by molar-refractivity contribution is 6.19. The number of amides is 1. The highest BCUT2D eigenvalue weighted by Crippen LogP contribution is 2.39. The van der Waals surface area contributed by atoms with Gasteiger partial charge in [0.05, 0.1) is 11.4 Å². The molecule has 2 aliphatic rings. The van der Waals surface area contributed by atoms with Crippen molar-refractivity contribution < 1.29 is 9.21 Å². The van der Waals surface area contributed by atoms with E-state index in [4.69, 9.17) is 9.41 Å². The van der Waals surface area contributed by atoms with E-state index in [-0.39, 0.29) is 11.9 Å². The molecule has 7 heteroatoms. The molecule has 2 N–H and O–H groups in total. The summed E-state index contributed by atoms with van der Waals surface area (Å²) in [6.45, 7) is 0. The molecule has 1 aliphatic heterocycles. The molecule has 7 nitrogen and oxygen atoms in total. The topological polar surface area (TPSA) is 92.4 Å². The van der Waals surface area contributed by atoms with Gasteiger partial charge in [-0.3, -0.25) is 4.79 Å². The fraction of sp³-hybridized carbons (Fsp3) is 0.200. The molecule has 1 aromatic heterocycles. The second-order valence-corrected chi connectivity index (χ2v) is 6.65. The van der Waals surface area contributed by atoms with E-state index in [1.807, 2.05) is 54.6 Å². The molecule has 0 saturated heterocycles. The molecule has 1 fully saturated rings. The summed E-state index contributed by atoms with van der Waals surface area (Å²) in [6, 6.07) is 17.6. The normalized spacial score (nSPS) is 18.9. The average Bonchev–Trinajstić information content (AvgIpc) is 3.47. The summed E-state index contributed by atoms with van der Waals surface area (Å²) in [5, 5.41) is 14.0. The number of hydrogen-bond acceptors (Lipinski definition) is 6. The maximum atomic E-state index is 12.7. The van der Waals surface area contributed by atoms with Gasteiger partial charge in [0.2, 0.25) is 12.1 Å². The lowest BCUT2D eigenvalue weighted by atomic mass is 10.0. The van der Waals surface area contributed by atoms with Gasteiger partial charge in [-0.2, -0.15) is 0 Å². The molecular formula is C20H17N5O2. The first-order valence-corrected chi connectivity index (χ1v) is 8.91. The fourth-order valence-electron chi connectivity index (χ4n) is 3.09. The predicted molar refractivity (Wildman–Crippen MR) is 101 cm³/mol. The number of benzene rings is 2. The molecule has 2 heterocycles. The number of carbonyl (C=O) groups excluding carboxylic acids is 1. The third-order valence-electron chi connectivity index (χ3n) is 4.62. The monoisotopic (exact) mass is 359 g/mol. The smallest absolute Gasteiger partial charge is 0.317 e. The number of nitrogens with zero attached hydrogens (tertiary/aromatic N) is 3. The van der Waals surface area contributed by atoms with Crippen molar-refractivity contribution in [3.8, 4) is 0 Å². The van der Waals surface area contributed by atoms with Crippen LogP contribution in [-0.2, 0) is 4.79 Å². The van der Waals surface area contributed by atoms with Crippen LogP contribution in [-0.4, -0.2) is 28.0 Å². The molecular weight excluding hydrogens is 342 g/mol. The number of benzodiazepines with no additional fused rings is 1. The molecule has 1 aliphatic carbocycles. The quantitative estimate of drug-likeness (QED) is 0.746. The van der Waals surface area contributed by atoms with Gasteiger partial charge in [0.25, 0.3) is 5.91 Å². The van der Waals surface area contributed by atoms with Crippen LogP contribution >= 0.6 is 0 Å². The van der Waals surface area contributed by atoms with E-state index in [0.717, 1.165) is 35.4 Å². The van der Waals surface area contributed by atoms with Gasteiger partial charge in [-0.15, -0.1) is 5.10 Å². The number of aliphatic imine (C=N–C) groups is 1. The molecule has 0 unspecified atom stereocenters. The van der Waals surface area contributed by atoms with E-state index in [0.29, 0.717) is 11.8 Å². The largest absolute Gasteiger partial charge is 0.408 e. The summed E-state index contributed by atoms with van der Waals surface area (Å²) < 4.78 is 5.63. The summed E-state index contributed by atoms with van der Waals surface area (Å²) in [5.74, 6) is 0.685. The van der Waals surface area contributed by atoms with E-state index in [2.05, 4.69) is 20.8 Å². The predicted octanol–water partition coefficient (Wildman–Crippen LogP) is 3.17. The maximum Gasteiger partial charge on any atom is 0.317 e. The number of carbonyl (C=O) groups is 1. The first-order chi connectivity index (χ1) is 13.3. The fourth-order valence-corrected chi connectivity index (χ4v) is 3.09. The first kappa shape index (κ1) is 15.7. The van der Waals surface area contributed by atoms with Crippen LogP contribution < -0.4 is 10.6 Å². The van der Waals surface area contributed by atoms with Crippen molar-refractivity contribution in [3.05, 3.63) is 71.6 Å². The van der Waals surface area contributed by atoms with E-state index in [1.54, 1.807) is 0 Å². The number of rotatable bonds is 4. The van der Waals surface area contributed by atoms with Crippen LogP contribution in [0.1, 0.15) is 35.8 Å². The second-order valence-electron chi connectivity index (χ2n) is 6.65. The van der Waals surface area contributed by atoms with Crippen molar-refractivity contribution in [1.82, 2.24) is 10.2 Å². The van der Waals surface area contributed by atoms with Crippen molar-refractivity contribution >= 4 is 23.3 Å². The number of anilines is 2. The van der Waals surface area contributed by atoms with Gasteiger partial charge in [0.15, 0.2) is 0 Å². The zero-order valence-electron chi connectivity index (χ0n) is 14.4. The minimum Gasteiger partial charge on any atom is -0.408 e. The Bertz CT molecular complexity index is 1020. The van der Waals surface area contributed by atoms with Crippen LogP contribution in [0.15, 0.2) is 64.0 Å². The van der Waals surface area contributed by atoms with Crippen molar-refractivity contribution in [1.29, 1.82) is 0 Å². The number of nitrogens with one attached hydrogen (secondary N) is 2. The zero-order chi connectivity index (χ0) is 18.2. The van der Waals surface area contributed by atoms with Crippen LogP contribution in [0.25, 0.3) is 0 Å². The molecule has 0 bridgehead atoms. The SMILES string of the molecule is O=C1Nc2ccccc2C(c2ccccc2)=N[C@@H]1Nc1nnc(C2CC2)o1. The van der Waals surface area contributed by atoms with Gasteiger partial charge >= 0.3 is 6.01 Å². The molecule has 3 aromatic rings. The molecule has 0 radical (unpaired) electrons. The molecule has 0 spiro atoms. The minimum absolute atomic E-state index is 0.208. The third kappa shape index (κ3) is 3.08. The first-order valence-electron chi connectivity index (χ1n) is 8.91. The Labute approximate surface area is 155 Å². The van der Waals surface area contributed by atoms with Gasteiger partial charge in [-0.1, -0.05) is 53.6 Å². The lowest BCUT2D eigenvalue weighted by molar-refractivity contribution is -0.116. The Morgan fingerprint density at radius 3 is 2.59 bits per heavy atom. The van der Waals surface area contributed by atoms with Crippen LogP contribution in [0, 0.1) is 0 Å². The lowest BCUT2D eigenvalue weighted by Crippen LogP contribution is -2.32. The number of fused-ring (bicyclic) bond motifs is 1. The highest BCUT2D eigenvalue weighted by Gasteiger charge is 2.31. The van der Waals surface area contributed by atoms with Gasteiger partial charge in [-0.25, -0.2) is 4.99 Å². The number of aromatic nitrogens is 2. The maximum absolute atomic E-state index is 12.7. The summed E-state index contributed by atoms with van der Waals surface area (Å²) >= 11 is 0. The van der Waals surface area contributed by atoms with E-state index in [9.17, 15) is 4.79 Å². The molecule has 1 amide bonds. The van der Waals surface area contributed by atoms with Gasteiger partial charge in [0, 0.05) is 17.0 Å². The molecule has 5 rings (SSSR count). The molecule has 27 heavy (non-hydrogen) atoms. The van der Waals surface area contributed by atoms with E-state index in [1.165, 1.54) is 0 Å². The Balaban J connectivity index is 1.53. The third-order valence-corrected chi connectivity index (χ3v) is 4.62. The van der Waals surface area contributed by atoms with Crippen LogP contribution in [0.2, 0.25) is 0 Å².